The highest BCUT2D eigenvalue weighted by Crippen LogP contribution is 2.06. The summed E-state index contributed by atoms with van der Waals surface area (Å²) in [5, 5.41) is 8.28. The van der Waals surface area contributed by atoms with E-state index in [4.69, 9.17) is 21.6 Å². The van der Waals surface area contributed by atoms with Crippen LogP contribution >= 0.6 is 11.6 Å². The van der Waals surface area contributed by atoms with Crippen molar-refractivity contribution < 1.29 is 4.74 Å². The molecule has 0 aliphatic heterocycles. The predicted octanol–water partition coefficient (Wildman–Crippen LogP) is 1.03. The van der Waals surface area contributed by atoms with Gasteiger partial charge in [0.05, 0.1) is 12.1 Å². The lowest BCUT2D eigenvalue weighted by molar-refractivity contribution is 0.361. The van der Waals surface area contributed by atoms with E-state index in [-0.39, 0.29) is 23.7 Å². The normalized spacial score (nSPS) is 9.50. The van der Waals surface area contributed by atoms with E-state index in [1.54, 1.807) is 17.7 Å². The van der Waals surface area contributed by atoms with E-state index in [1.165, 1.54) is 12.3 Å². The largest absolute Gasteiger partial charge is 0.473 e. The number of aryl methyl sites for hydroxylation is 1. The zero-order chi connectivity index (χ0) is 10.6. The molecule has 74 valence electrons. The molecule has 0 unspecified atom stereocenters. The van der Waals surface area contributed by atoms with Crippen LogP contribution in [0.25, 0.3) is 0 Å². The molecule has 0 aliphatic rings. The van der Waals surface area contributed by atoms with Crippen molar-refractivity contribution >= 4 is 11.6 Å². The Hall–Kier alpha value is -1.47. The van der Waals surface area contributed by atoms with Crippen molar-refractivity contribution in [1.82, 2.24) is 4.57 Å². The van der Waals surface area contributed by atoms with E-state index >= 15 is 0 Å². The number of nitrogens with zero attached hydrogens (tertiary/aromatic N) is 2. The van der Waals surface area contributed by atoms with E-state index in [0.29, 0.717) is 5.69 Å². The van der Waals surface area contributed by atoms with Crippen LogP contribution < -0.4 is 10.2 Å². The van der Waals surface area contributed by atoms with Crippen molar-refractivity contribution in [1.29, 1.82) is 5.26 Å². The summed E-state index contributed by atoms with van der Waals surface area (Å²) in [4.78, 5) is 11.4. The number of halogens is 1. The van der Waals surface area contributed by atoms with Crippen molar-refractivity contribution in [2.45, 2.75) is 5.88 Å². The SMILES string of the molecule is Cn1cc(OCC#N)c(=O)cc1CCl. The molecule has 4 nitrogen and oxygen atoms in total. The molecular formula is C9H9ClN2O2. The fourth-order valence-electron chi connectivity index (χ4n) is 0.998. The minimum Gasteiger partial charge on any atom is -0.473 e. The summed E-state index contributed by atoms with van der Waals surface area (Å²) in [5.41, 5.74) is 0.454. The minimum atomic E-state index is -0.256. The molecule has 0 aromatic carbocycles. The molecular weight excluding hydrogens is 204 g/mol. The molecule has 0 atom stereocenters. The van der Waals surface area contributed by atoms with E-state index in [1.807, 2.05) is 0 Å². The summed E-state index contributed by atoms with van der Waals surface area (Å²) in [6.45, 7) is -0.130. The van der Waals surface area contributed by atoms with Gasteiger partial charge in [0.2, 0.25) is 5.43 Å². The second-order valence-corrected chi connectivity index (χ2v) is 2.95. The fourth-order valence-corrected chi connectivity index (χ4v) is 1.26. The number of hydrogen-bond acceptors (Lipinski definition) is 3. The van der Waals surface area contributed by atoms with Gasteiger partial charge in [-0.1, -0.05) is 0 Å². The first-order valence-corrected chi connectivity index (χ1v) is 4.47. The van der Waals surface area contributed by atoms with E-state index in [2.05, 4.69) is 0 Å². The highest BCUT2D eigenvalue weighted by molar-refractivity contribution is 6.16. The van der Waals surface area contributed by atoms with Gasteiger partial charge in [0.25, 0.3) is 0 Å². The number of nitriles is 1. The average Bonchev–Trinajstić information content (AvgIpc) is 2.18. The molecule has 0 amide bonds. The van der Waals surface area contributed by atoms with Crippen LogP contribution in [-0.4, -0.2) is 11.2 Å². The molecule has 0 saturated heterocycles. The number of rotatable bonds is 3. The molecule has 0 radical (unpaired) electrons. The van der Waals surface area contributed by atoms with Gasteiger partial charge in [0, 0.05) is 18.8 Å². The molecule has 5 heteroatoms. The molecule has 0 bridgehead atoms. The van der Waals surface area contributed by atoms with Crippen molar-refractivity contribution in [3.63, 3.8) is 0 Å². The molecule has 0 N–H and O–H groups in total. The maximum absolute atomic E-state index is 11.4. The lowest BCUT2D eigenvalue weighted by Gasteiger charge is -2.07. The molecule has 1 aromatic rings. The van der Waals surface area contributed by atoms with Crippen LogP contribution in [0.4, 0.5) is 0 Å². The fraction of sp³-hybridized carbons (Fsp3) is 0.333. The van der Waals surface area contributed by atoms with Gasteiger partial charge in [0.1, 0.15) is 6.07 Å². The third-order valence-electron chi connectivity index (χ3n) is 1.73. The molecule has 0 aliphatic carbocycles. The second kappa shape index (κ2) is 4.68. The van der Waals surface area contributed by atoms with Gasteiger partial charge >= 0.3 is 0 Å². The van der Waals surface area contributed by atoms with Crippen LogP contribution in [0.1, 0.15) is 5.69 Å². The zero-order valence-corrected chi connectivity index (χ0v) is 8.41. The van der Waals surface area contributed by atoms with Crippen LogP contribution in [0.2, 0.25) is 0 Å². The Kier molecular flexibility index (Phi) is 3.55. The molecule has 1 rings (SSSR count). The Morgan fingerprint density at radius 1 is 1.71 bits per heavy atom. The maximum Gasteiger partial charge on any atom is 0.223 e. The first-order valence-electron chi connectivity index (χ1n) is 3.94. The first-order chi connectivity index (χ1) is 6.69. The molecule has 1 heterocycles. The molecule has 0 spiro atoms. The Bertz CT molecular complexity index is 420. The highest BCUT2D eigenvalue weighted by atomic mass is 35.5. The molecule has 0 fully saturated rings. The number of pyridine rings is 1. The van der Waals surface area contributed by atoms with E-state index < -0.39 is 0 Å². The van der Waals surface area contributed by atoms with Crippen LogP contribution in [-0.2, 0) is 12.9 Å². The van der Waals surface area contributed by atoms with Gasteiger partial charge in [-0.3, -0.25) is 4.79 Å². The quantitative estimate of drug-likeness (QED) is 0.704. The number of alkyl halides is 1. The van der Waals surface area contributed by atoms with Gasteiger partial charge in [-0.25, -0.2) is 0 Å². The summed E-state index contributed by atoms with van der Waals surface area (Å²) in [6.07, 6.45) is 1.53. The Morgan fingerprint density at radius 2 is 2.43 bits per heavy atom. The van der Waals surface area contributed by atoms with Crippen LogP contribution in [0.5, 0.6) is 5.75 Å². The lowest BCUT2D eigenvalue weighted by Crippen LogP contribution is -2.13. The molecule has 14 heavy (non-hydrogen) atoms. The van der Waals surface area contributed by atoms with Gasteiger partial charge < -0.3 is 9.30 Å². The van der Waals surface area contributed by atoms with Gasteiger partial charge in [-0.2, -0.15) is 5.26 Å². The lowest BCUT2D eigenvalue weighted by atomic mass is 10.3. The van der Waals surface area contributed by atoms with Crippen molar-refractivity contribution in [3.05, 3.63) is 28.2 Å². The summed E-state index contributed by atoms with van der Waals surface area (Å²) >= 11 is 5.61. The van der Waals surface area contributed by atoms with Gasteiger partial charge in [-0.05, 0) is 0 Å². The van der Waals surface area contributed by atoms with Crippen LogP contribution in [0.15, 0.2) is 17.1 Å². The number of ether oxygens (including phenoxy) is 1. The van der Waals surface area contributed by atoms with Crippen LogP contribution in [0.3, 0.4) is 0 Å². The van der Waals surface area contributed by atoms with Crippen molar-refractivity contribution in [2.24, 2.45) is 7.05 Å². The first kappa shape index (κ1) is 10.6. The van der Waals surface area contributed by atoms with Crippen LogP contribution in [0, 0.1) is 11.3 Å². The van der Waals surface area contributed by atoms with E-state index in [9.17, 15) is 4.79 Å². The summed E-state index contributed by atoms with van der Waals surface area (Å²) in [6, 6.07) is 3.20. The average molecular weight is 213 g/mol. The van der Waals surface area contributed by atoms with Gasteiger partial charge in [0.15, 0.2) is 12.4 Å². The Morgan fingerprint density at radius 3 is 3.00 bits per heavy atom. The Labute approximate surface area is 86.3 Å². The summed E-state index contributed by atoms with van der Waals surface area (Å²) < 4.78 is 6.62. The monoisotopic (exact) mass is 212 g/mol. The predicted molar refractivity (Wildman–Crippen MR) is 52.3 cm³/mol. The standard InChI is InChI=1S/C9H9ClN2O2/c1-12-6-9(14-3-2-11)8(13)4-7(12)5-10/h4,6H,3,5H2,1H3. The topological polar surface area (TPSA) is 55.0 Å². The summed E-state index contributed by atoms with van der Waals surface area (Å²) in [7, 11) is 1.76. The third-order valence-corrected chi connectivity index (χ3v) is 2.01. The third kappa shape index (κ3) is 2.27. The Balaban J connectivity index is 3.04. The van der Waals surface area contributed by atoms with Gasteiger partial charge in [-0.15, -0.1) is 11.6 Å². The van der Waals surface area contributed by atoms with E-state index in [0.717, 1.165) is 0 Å². The van der Waals surface area contributed by atoms with Crippen molar-refractivity contribution in [2.75, 3.05) is 6.61 Å². The number of hydrogen-bond donors (Lipinski definition) is 0. The molecule has 0 saturated carbocycles. The number of aromatic nitrogens is 1. The zero-order valence-electron chi connectivity index (χ0n) is 7.66. The molecule has 1 aromatic heterocycles. The second-order valence-electron chi connectivity index (χ2n) is 2.68. The minimum absolute atomic E-state index is 0.130. The van der Waals surface area contributed by atoms with Crippen molar-refractivity contribution in [3.8, 4) is 11.8 Å². The smallest absolute Gasteiger partial charge is 0.223 e. The maximum atomic E-state index is 11.4. The highest BCUT2D eigenvalue weighted by Gasteiger charge is 2.04. The summed E-state index contributed by atoms with van der Waals surface area (Å²) in [5.74, 6) is 0.437.